The molecule has 2 aromatic rings. The average Bonchev–Trinajstić information content (AvgIpc) is 3.25. The Hall–Kier alpha value is -2.36. The van der Waals surface area contributed by atoms with Gasteiger partial charge in [0, 0.05) is 17.1 Å². The highest BCUT2D eigenvalue weighted by Crippen LogP contribution is 2.43. The SMILES string of the molecule is CC/C(=C/c1cnn(-c2ccccc2)c1C1CC1)C(=O)O. The van der Waals surface area contributed by atoms with Crippen molar-refractivity contribution in [3.05, 3.63) is 53.4 Å². The molecule has 4 heteroatoms. The second-order valence-electron chi connectivity index (χ2n) is 5.34. The van der Waals surface area contributed by atoms with Gasteiger partial charge < -0.3 is 5.11 Å². The van der Waals surface area contributed by atoms with Crippen LogP contribution in [-0.4, -0.2) is 20.9 Å². The smallest absolute Gasteiger partial charge is 0.331 e. The Morgan fingerprint density at radius 1 is 1.38 bits per heavy atom. The van der Waals surface area contributed by atoms with Gasteiger partial charge in [-0.05, 0) is 37.5 Å². The van der Waals surface area contributed by atoms with Crippen molar-refractivity contribution in [3.63, 3.8) is 0 Å². The maximum absolute atomic E-state index is 11.2. The normalized spacial score (nSPS) is 15.2. The fourth-order valence-corrected chi connectivity index (χ4v) is 2.52. The van der Waals surface area contributed by atoms with E-state index < -0.39 is 5.97 Å². The first kappa shape index (κ1) is 13.6. The molecule has 1 aliphatic rings. The number of rotatable bonds is 5. The summed E-state index contributed by atoms with van der Waals surface area (Å²) in [6, 6.07) is 9.98. The summed E-state index contributed by atoms with van der Waals surface area (Å²) < 4.78 is 1.94. The van der Waals surface area contributed by atoms with E-state index in [-0.39, 0.29) is 0 Å². The van der Waals surface area contributed by atoms with Gasteiger partial charge in [0.2, 0.25) is 0 Å². The van der Waals surface area contributed by atoms with Crippen molar-refractivity contribution >= 4 is 12.0 Å². The van der Waals surface area contributed by atoms with Crippen molar-refractivity contribution in [1.82, 2.24) is 9.78 Å². The highest BCUT2D eigenvalue weighted by Gasteiger charge is 2.30. The predicted molar refractivity (Wildman–Crippen MR) is 81.4 cm³/mol. The van der Waals surface area contributed by atoms with Gasteiger partial charge in [0.15, 0.2) is 0 Å². The van der Waals surface area contributed by atoms with Gasteiger partial charge in [-0.2, -0.15) is 5.10 Å². The third-order valence-electron chi connectivity index (χ3n) is 3.79. The molecule has 0 aliphatic heterocycles. The van der Waals surface area contributed by atoms with Crippen LogP contribution in [0.5, 0.6) is 0 Å². The highest BCUT2D eigenvalue weighted by molar-refractivity contribution is 5.92. The van der Waals surface area contributed by atoms with Gasteiger partial charge in [0.05, 0.1) is 17.6 Å². The van der Waals surface area contributed by atoms with Crippen LogP contribution in [0.1, 0.15) is 43.4 Å². The molecule has 0 amide bonds. The van der Waals surface area contributed by atoms with Crippen LogP contribution in [0.2, 0.25) is 0 Å². The minimum atomic E-state index is -0.855. The van der Waals surface area contributed by atoms with Gasteiger partial charge in [-0.15, -0.1) is 0 Å². The fourth-order valence-electron chi connectivity index (χ4n) is 2.52. The Bertz CT molecular complexity index is 682. The molecule has 1 N–H and O–H groups in total. The Kier molecular flexibility index (Phi) is 3.60. The van der Waals surface area contributed by atoms with Crippen molar-refractivity contribution in [3.8, 4) is 5.69 Å². The van der Waals surface area contributed by atoms with Gasteiger partial charge in [-0.1, -0.05) is 25.1 Å². The van der Waals surface area contributed by atoms with E-state index in [1.165, 1.54) is 0 Å². The van der Waals surface area contributed by atoms with Crippen LogP contribution < -0.4 is 0 Å². The molecular weight excluding hydrogens is 264 g/mol. The molecule has 1 saturated carbocycles. The van der Waals surface area contributed by atoms with E-state index in [0.717, 1.165) is 29.8 Å². The monoisotopic (exact) mass is 282 g/mol. The number of aliphatic carboxylic acids is 1. The van der Waals surface area contributed by atoms with Crippen LogP contribution in [0.25, 0.3) is 11.8 Å². The largest absolute Gasteiger partial charge is 0.478 e. The van der Waals surface area contributed by atoms with Crippen LogP contribution in [0.3, 0.4) is 0 Å². The summed E-state index contributed by atoms with van der Waals surface area (Å²) in [5.41, 5.74) is 3.51. The van der Waals surface area contributed by atoms with Gasteiger partial charge in [0.1, 0.15) is 0 Å². The topological polar surface area (TPSA) is 55.1 Å². The zero-order valence-electron chi connectivity index (χ0n) is 12.0. The second kappa shape index (κ2) is 5.56. The third kappa shape index (κ3) is 2.75. The first-order valence-electron chi connectivity index (χ1n) is 7.28. The van der Waals surface area contributed by atoms with Gasteiger partial charge in [-0.3, -0.25) is 0 Å². The second-order valence-corrected chi connectivity index (χ2v) is 5.34. The molecule has 1 heterocycles. The molecule has 1 aromatic heterocycles. The Labute approximate surface area is 123 Å². The highest BCUT2D eigenvalue weighted by atomic mass is 16.4. The molecule has 0 saturated heterocycles. The van der Waals surface area contributed by atoms with Gasteiger partial charge in [0.25, 0.3) is 0 Å². The van der Waals surface area contributed by atoms with Crippen LogP contribution in [0.15, 0.2) is 42.1 Å². The molecular formula is C17H18N2O2. The maximum atomic E-state index is 11.2. The fraction of sp³-hybridized carbons (Fsp3) is 0.294. The molecule has 1 aromatic carbocycles. The maximum Gasteiger partial charge on any atom is 0.331 e. The number of benzene rings is 1. The lowest BCUT2D eigenvalue weighted by Crippen LogP contribution is -2.02. The van der Waals surface area contributed by atoms with Crippen molar-refractivity contribution in [2.75, 3.05) is 0 Å². The lowest BCUT2D eigenvalue weighted by atomic mass is 10.1. The van der Waals surface area contributed by atoms with E-state index >= 15 is 0 Å². The number of para-hydroxylation sites is 1. The Morgan fingerprint density at radius 3 is 2.67 bits per heavy atom. The molecule has 0 bridgehead atoms. The number of carboxylic acids is 1. The third-order valence-corrected chi connectivity index (χ3v) is 3.79. The van der Waals surface area contributed by atoms with Gasteiger partial charge >= 0.3 is 5.97 Å². The van der Waals surface area contributed by atoms with E-state index in [4.69, 9.17) is 0 Å². The Morgan fingerprint density at radius 2 is 2.10 bits per heavy atom. The van der Waals surface area contributed by atoms with Gasteiger partial charge in [-0.25, -0.2) is 9.48 Å². The molecule has 108 valence electrons. The number of hydrogen-bond acceptors (Lipinski definition) is 2. The molecule has 0 unspecified atom stereocenters. The quantitative estimate of drug-likeness (QED) is 0.852. The van der Waals surface area contributed by atoms with Crippen LogP contribution in [-0.2, 0) is 4.79 Å². The van der Waals surface area contributed by atoms with Crippen molar-refractivity contribution in [2.45, 2.75) is 32.1 Å². The first-order valence-corrected chi connectivity index (χ1v) is 7.28. The first-order chi connectivity index (χ1) is 10.2. The minimum absolute atomic E-state index is 0.421. The number of hydrogen-bond donors (Lipinski definition) is 1. The zero-order chi connectivity index (χ0) is 14.8. The van der Waals surface area contributed by atoms with Crippen LogP contribution in [0, 0.1) is 0 Å². The summed E-state index contributed by atoms with van der Waals surface area (Å²) in [7, 11) is 0. The molecule has 4 nitrogen and oxygen atoms in total. The zero-order valence-corrected chi connectivity index (χ0v) is 12.0. The van der Waals surface area contributed by atoms with Crippen molar-refractivity contribution < 1.29 is 9.90 Å². The molecule has 0 atom stereocenters. The standard InChI is InChI=1S/C17H18N2O2/c1-2-12(17(20)21)10-14-11-18-19(16(14)13-8-9-13)15-6-4-3-5-7-15/h3-7,10-11,13H,2,8-9H2,1H3,(H,20,21)/b12-10-. The van der Waals surface area contributed by atoms with Crippen LogP contribution >= 0.6 is 0 Å². The lowest BCUT2D eigenvalue weighted by Gasteiger charge is -2.08. The summed E-state index contributed by atoms with van der Waals surface area (Å²) in [6.45, 7) is 1.86. The van der Waals surface area contributed by atoms with E-state index in [1.807, 2.05) is 41.9 Å². The van der Waals surface area contributed by atoms with Crippen LogP contribution in [0.4, 0.5) is 0 Å². The molecule has 0 radical (unpaired) electrons. The van der Waals surface area contributed by atoms with Crippen molar-refractivity contribution in [2.24, 2.45) is 0 Å². The molecule has 21 heavy (non-hydrogen) atoms. The summed E-state index contributed by atoms with van der Waals surface area (Å²) in [5.74, 6) is -0.363. The van der Waals surface area contributed by atoms with E-state index in [0.29, 0.717) is 17.9 Å². The summed E-state index contributed by atoms with van der Waals surface area (Å²) in [6.07, 6.45) is 6.35. The lowest BCUT2D eigenvalue weighted by molar-refractivity contribution is -0.132. The van der Waals surface area contributed by atoms with E-state index in [1.54, 1.807) is 12.3 Å². The van der Waals surface area contributed by atoms with Crippen molar-refractivity contribution in [1.29, 1.82) is 0 Å². The summed E-state index contributed by atoms with van der Waals surface area (Å²) in [4.78, 5) is 11.2. The van der Waals surface area contributed by atoms with E-state index in [2.05, 4.69) is 5.10 Å². The minimum Gasteiger partial charge on any atom is -0.478 e. The number of aromatic nitrogens is 2. The molecule has 1 aliphatic carbocycles. The molecule has 1 fully saturated rings. The summed E-state index contributed by atoms with van der Waals surface area (Å²) in [5, 5.41) is 13.7. The Balaban J connectivity index is 2.07. The molecule has 0 spiro atoms. The van der Waals surface area contributed by atoms with E-state index in [9.17, 15) is 9.90 Å². The number of nitrogens with zero attached hydrogens (tertiary/aromatic N) is 2. The molecule has 3 rings (SSSR count). The number of carbonyl (C=O) groups is 1. The summed E-state index contributed by atoms with van der Waals surface area (Å²) >= 11 is 0. The predicted octanol–water partition coefficient (Wildman–Crippen LogP) is 3.63. The average molecular weight is 282 g/mol. The number of carboxylic acid groups (broad SMARTS) is 1.